The first-order chi connectivity index (χ1) is 8.27. The van der Waals surface area contributed by atoms with Crippen LogP contribution in [0.4, 0.5) is 0 Å². The Morgan fingerprint density at radius 2 is 1.88 bits per heavy atom. The van der Waals surface area contributed by atoms with E-state index in [9.17, 15) is 0 Å². The molecule has 17 heavy (non-hydrogen) atoms. The molecular weight excluding hydrogens is 208 g/mol. The highest BCUT2D eigenvalue weighted by Gasteiger charge is 2.21. The molecule has 1 heterocycles. The highest BCUT2D eigenvalue weighted by Crippen LogP contribution is 2.30. The van der Waals surface area contributed by atoms with Gasteiger partial charge >= 0.3 is 0 Å². The molecule has 0 amide bonds. The molecule has 2 N–H and O–H groups in total. The summed E-state index contributed by atoms with van der Waals surface area (Å²) in [5.74, 6) is 1.31. The summed E-state index contributed by atoms with van der Waals surface area (Å²) in [5, 5.41) is 0. The van der Waals surface area contributed by atoms with Gasteiger partial charge in [-0.15, -0.1) is 0 Å². The zero-order chi connectivity index (χ0) is 12.1. The molecule has 1 aliphatic carbocycles. The first-order valence-corrected chi connectivity index (χ1v) is 6.93. The fourth-order valence-corrected chi connectivity index (χ4v) is 2.93. The Bertz CT molecular complexity index is 317. The van der Waals surface area contributed by atoms with Gasteiger partial charge in [0.1, 0.15) is 0 Å². The Hall–Kier alpha value is -0.890. The minimum Gasteiger partial charge on any atom is -0.327 e. The SMILES string of the molecule is CC(c1ccncc1)C(N)CC1CCCCC1. The topological polar surface area (TPSA) is 38.9 Å². The summed E-state index contributed by atoms with van der Waals surface area (Å²) in [6.45, 7) is 2.24. The molecule has 1 aliphatic rings. The van der Waals surface area contributed by atoms with Gasteiger partial charge in [0.05, 0.1) is 0 Å². The third-order valence-electron chi connectivity index (χ3n) is 4.20. The maximum atomic E-state index is 6.36. The maximum Gasteiger partial charge on any atom is 0.0270 e. The number of hydrogen-bond acceptors (Lipinski definition) is 2. The van der Waals surface area contributed by atoms with Crippen LogP contribution in [-0.4, -0.2) is 11.0 Å². The molecule has 2 heteroatoms. The van der Waals surface area contributed by atoms with E-state index in [-0.39, 0.29) is 0 Å². The van der Waals surface area contributed by atoms with Gasteiger partial charge in [0, 0.05) is 18.4 Å². The van der Waals surface area contributed by atoms with Crippen LogP contribution < -0.4 is 5.73 Å². The molecule has 1 fully saturated rings. The van der Waals surface area contributed by atoms with Crippen molar-refractivity contribution in [1.29, 1.82) is 0 Å². The van der Waals surface area contributed by atoms with Gasteiger partial charge in [0.25, 0.3) is 0 Å². The summed E-state index contributed by atoms with van der Waals surface area (Å²) < 4.78 is 0. The lowest BCUT2D eigenvalue weighted by molar-refractivity contribution is 0.306. The Labute approximate surface area is 105 Å². The van der Waals surface area contributed by atoms with Gasteiger partial charge < -0.3 is 5.73 Å². The lowest BCUT2D eigenvalue weighted by Gasteiger charge is -2.27. The Morgan fingerprint density at radius 3 is 2.53 bits per heavy atom. The van der Waals surface area contributed by atoms with E-state index in [4.69, 9.17) is 5.73 Å². The largest absolute Gasteiger partial charge is 0.327 e. The molecule has 0 radical (unpaired) electrons. The Morgan fingerprint density at radius 1 is 1.24 bits per heavy atom. The molecule has 0 aromatic carbocycles. The summed E-state index contributed by atoms with van der Waals surface area (Å²) in [7, 11) is 0. The molecule has 1 saturated carbocycles. The zero-order valence-electron chi connectivity index (χ0n) is 10.8. The van der Waals surface area contributed by atoms with E-state index in [1.165, 1.54) is 44.1 Å². The molecule has 2 rings (SSSR count). The zero-order valence-corrected chi connectivity index (χ0v) is 10.8. The normalized spacial score (nSPS) is 21.1. The van der Waals surface area contributed by atoms with E-state index < -0.39 is 0 Å². The van der Waals surface area contributed by atoms with E-state index in [1.807, 2.05) is 12.4 Å². The van der Waals surface area contributed by atoms with Gasteiger partial charge in [-0.2, -0.15) is 0 Å². The van der Waals surface area contributed by atoms with Crippen molar-refractivity contribution in [2.75, 3.05) is 0 Å². The fourth-order valence-electron chi connectivity index (χ4n) is 2.93. The van der Waals surface area contributed by atoms with E-state index >= 15 is 0 Å². The lowest BCUT2D eigenvalue weighted by Crippen LogP contribution is -2.30. The highest BCUT2D eigenvalue weighted by atomic mass is 14.7. The van der Waals surface area contributed by atoms with Crippen molar-refractivity contribution in [1.82, 2.24) is 4.98 Å². The summed E-state index contributed by atoms with van der Waals surface area (Å²) in [4.78, 5) is 4.06. The predicted molar refractivity (Wildman–Crippen MR) is 71.8 cm³/mol. The van der Waals surface area contributed by atoms with E-state index in [1.54, 1.807) is 0 Å². The molecule has 1 aromatic rings. The quantitative estimate of drug-likeness (QED) is 0.863. The van der Waals surface area contributed by atoms with Crippen molar-refractivity contribution >= 4 is 0 Å². The highest BCUT2D eigenvalue weighted by molar-refractivity contribution is 5.16. The van der Waals surface area contributed by atoms with Crippen molar-refractivity contribution < 1.29 is 0 Å². The minimum atomic E-state index is 0.292. The Balaban J connectivity index is 1.88. The van der Waals surface area contributed by atoms with E-state index in [0.717, 1.165) is 5.92 Å². The molecule has 0 bridgehead atoms. The second-order valence-corrected chi connectivity index (χ2v) is 5.47. The fraction of sp³-hybridized carbons (Fsp3) is 0.667. The first-order valence-electron chi connectivity index (χ1n) is 6.93. The van der Waals surface area contributed by atoms with Crippen molar-refractivity contribution in [3.05, 3.63) is 30.1 Å². The summed E-state index contributed by atoms with van der Waals surface area (Å²) >= 11 is 0. The Kier molecular flexibility index (Phi) is 4.55. The van der Waals surface area contributed by atoms with Crippen LogP contribution in [0.1, 0.15) is 56.9 Å². The van der Waals surface area contributed by atoms with Gasteiger partial charge in [-0.1, -0.05) is 39.0 Å². The minimum absolute atomic E-state index is 0.292. The van der Waals surface area contributed by atoms with Crippen molar-refractivity contribution in [3.63, 3.8) is 0 Å². The molecule has 2 atom stereocenters. The molecule has 0 aliphatic heterocycles. The monoisotopic (exact) mass is 232 g/mol. The lowest BCUT2D eigenvalue weighted by atomic mass is 9.81. The van der Waals surface area contributed by atoms with Gasteiger partial charge in [-0.05, 0) is 36.0 Å². The van der Waals surface area contributed by atoms with Crippen LogP contribution in [0.2, 0.25) is 0 Å². The number of aromatic nitrogens is 1. The number of rotatable bonds is 4. The summed E-state index contributed by atoms with van der Waals surface area (Å²) in [6, 6.07) is 4.47. The van der Waals surface area contributed by atoms with Crippen LogP contribution in [0.3, 0.4) is 0 Å². The molecule has 2 unspecified atom stereocenters. The number of nitrogens with two attached hydrogens (primary N) is 1. The molecule has 94 valence electrons. The van der Waals surface area contributed by atoms with Gasteiger partial charge in [-0.25, -0.2) is 0 Å². The third-order valence-corrected chi connectivity index (χ3v) is 4.20. The van der Waals surface area contributed by atoms with Crippen molar-refractivity contribution in [3.8, 4) is 0 Å². The average molecular weight is 232 g/mol. The molecule has 1 aromatic heterocycles. The summed E-state index contributed by atoms with van der Waals surface area (Å²) in [5.41, 5.74) is 7.68. The van der Waals surface area contributed by atoms with Crippen LogP contribution in [0.25, 0.3) is 0 Å². The van der Waals surface area contributed by atoms with Crippen LogP contribution in [0.15, 0.2) is 24.5 Å². The van der Waals surface area contributed by atoms with E-state index in [0.29, 0.717) is 12.0 Å². The van der Waals surface area contributed by atoms with Gasteiger partial charge in [-0.3, -0.25) is 4.98 Å². The second-order valence-electron chi connectivity index (χ2n) is 5.47. The van der Waals surface area contributed by atoms with Crippen LogP contribution in [-0.2, 0) is 0 Å². The van der Waals surface area contributed by atoms with Crippen LogP contribution >= 0.6 is 0 Å². The van der Waals surface area contributed by atoms with Crippen molar-refractivity contribution in [2.24, 2.45) is 11.7 Å². The second kappa shape index (κ2) is 6.15. The molecule has 0 saturated heterocycles. The first kappa shape index (κ1) is 12.6. The van der Waals surface area contributed by atoms with Gasteiger partial charge in [0.15, 0.2) is 0 Å². The smallest absolute Gasteiger partial charge is 0.0270 e. The maximum absolute atomic E-state index is 6.36. The molecule has 2 nitrogen and oxygen atoms in total. The third kappa shape index (κ3) is 3.53. The number of pyridine rings is 1. The van der Waals surface area contributed by atoms with Crippen LogP contribution in [0, 0.1) is 5.92 Å². The van der Waals surface area contributed by atoms with Gasteiger partial charge in [0.2, 0.25) is 0 Å². The standard InChI is InChI=1S/C15H24N2/c1-12(14-7-9-17-10-8-14)15(16)11-13-5-3-2-4-6-13/h7-10,12-13,15H,2-6,11,16H2,1H3. The van der Waals surface area contributed by atoms with Crippen LogP contribution in [0.5, 0.6) is 0 Å². The number of nitrogens with zero attached hydrogens (tertiary/aromatic N) is 1. The number of hydrogen-bond donors (Lipinski definition) is 1. The average Bonchev–Trinajstić information content (AvgIpc) is 2.40. The van der Waals surface area contributed by atoms with E-state index in [2.05, 4.69) is 24.0 Å². The van der Waals surface area contributed by atoms with Crippen molar-refractivity contribution in [2.45, 2.75) is 57.4 Å². The molecular formula is C15H24N2. The predicted octanol–water partition coefficient (Wildman–Crippen LogP) is 3.48. The molecule has 0 spiro atoms. The summed E-state index contributed by atoms with van der Waals surface area (Å²) in [6.07, 6.45) is 11.9.